The molecule has 1 aromatic carbocycles. The molecule has 118 valence electrons. The van der Waals surface area contributed by atoms with Gasteiger partial charge in [-0.25, -0.2) is 9.37 Å². The van der Waals surface area contributed by atoms with Crippen molar-refractivity contribution in [3.63, 3.8) is 0 Å². The highest BCUT2D eigenvalue weighted by molar-refractivity contribution is 5.57. The molecule has 0 N–H and O–H groups in total. The van der Waals surface area contributed by atoms with Crippen LogP contribution in [0.3, 0.4) is 0 Å². The predicted molar refractivity (Wildman–Crippen MR) is 87.4 cm³/mol. The topological polar surface area (TPSA) is 21.1 Å². The number of hydrogen-bond acceptors (Lipinski definition) is 2. The second-order valence-corrected chi connectivity index (χ2v) is 6.27. The molecule has 1 aromatic heterocycles. The summed E-state index contributed by atoms with van der Waals surface area (Å²) in [7, 11) is 0. The van der Waals surface area contributed by atoms with Crippen LogP contribution < -0.4 is 0 Å². The molecule has 1 saturated heterocycles. The first-order valence-corrected chi connectivity index (χ1v) is 8.20. The number of hydrogen-bond donors (Lipinski definition) is 0. The zero-order valence-electron chi connectivity index (χ0n) is 13.4. The van der Waals surface area contributed by atoms with Gasteiger partial charge in [-0.15, -0.1) is 0 Å². The highest BCUT2D eigenvalue weighted by Crippen LogP contribution is 2.28. The number of likely N-dealkylation sites (tertiary alicyclic amines) is 1. The average Bonchev–Trinajstić information content (AvgIpc) is 2.96. The molecule has 0 saturated carbocycles. The second-order valence-electron chi connectivity index (χ2n) is 6.27. The molecule has 2 aromatic rings. The first-order chi connectivity index (χ1) is 10.7. The second kappa shape index (κ2) is 6.61. The number of benzene rings is 1. The zero-order chi connectivity index (χ0) is 15.5. The van der Waals surface area contributed by atoms with Gasteiger partial charge in [0.1, 0.15) is 11.6 Å². The zero-order valence-corrected chi connectivity index (χ0v) is 13.4. The van der Waals surface area contributed by atoms with Gasteiger partial charge >= 0.3 is 0 Å². The minimum absolute atomic E-state index is 0.194. The molecule has 0 bridgehead atoms. The number of nitrogens with zero attached hydrogens (tertiary/aromatic N) is 3. The first kappa shape index (κ1) is 15.2. The highest BCUT2D eigenvalue weighted by atomic mass is 19.1. The van der Waals surface area contributed by atoms with Crippen LogP contribution in [-0.4, -0.2) is 34.1 Å². The van der Waals surface area contributed by atoms with E-state index in [1.807, 2.05) is 25.4 Å². The van der Waals surface area contributed by atoms with Crippen LogP contribution in [0, 0.1) is 12.7 Å². The maximum atomic E-state index is 13.7. The van der Waals surface area contributed by atoms with Crippen molar-refractivity contribution in [2.75, 3.05) is 19.6 Å². The Hall–Kier alpha value is -1.68. The van der Waals surface area contributed by atoms with Crippen LogP contribution in [-0.2, 0) is 0 Å². The Balaban J connectivity index is 1.88. The normalized spacial score (nSPS) is 19.5. The third-order valence-corrected chi connectivity index (χ3v) is 4.38. The van der Waals surface area contributed by atoms with Crippen LogP contribution in [0.15, 0.2) is 30.6 Å². The minimum Gasteiger partial charge on any atom is -0.327 e. The summed E-state index contributed by atoms with van der Waals surface area (Å²) in [5.74, 6) is 0.687. The summed E-state index contributed by atoms with van der Waals surface area (Å²) in [5, 5.41) is 0. The van der Waals surface area contributed by atoms with Crippen molar-refractivity contribution in [2.45, 2.75) is 39.2 Å². The molecular formula is C18H24FN3. The molecule has 1 unspecified atom stereocenters. The van der Waals surface area contributed by atoms with E-state index in [1.54, 1.807) is 12.1 Å². The fourth-order valence-corrected chi connectivity index (χ4v) is 3.47. The van der Waals surface area contributed by atoms with E-state index in [0.717, 1.165) is 36.5 Å². The lowest BCUT2D eigenvalue weighted by atomic mass is 10.0. The first-order valence-electron chi connectivity index (χ1n) is 8.20. The summed E-state index contributed by atoms with van der Waals surface area (Å²) in [6.07, 6.45) is 7.43. The van der Waals surface area contributed by atoms with Crippen molar-refractivity contribution < 1.29 is 4.39 Å². The summed E-state index contributed by atoms with van der Waals surface area (Å²) in [6.45, 7) is 7.55. The molecule has 22 heavy (non-hydrogen) atoms. The van der Waals surface area contributed by atoms with Crippen molar-refractivity contribution in [1.82, 2.24) is 14.5 Å². The molecule has 2 heterocycles. The molecular weight excluding hydrogens is 277 g/mol. The number of aromatic nitrogens is 2. The number of rotatable bonds is 4. The lowest BCUT2D eigenvalue weighted by Crippen LogP contribution is -2.37. The summed E-state index contributed by atoms with van der Waals surface area (Å²) < 4.78 is 15.9. The number of halogens is 1. The third-order valence-electron chi connectivity index (χ3n) is 4.38. The van der Waals surface area contributed by atoms with Gasteiger partial charge in [0.05, 0.1) is 0 Å². The molecule has 0 aliphatic carbocycles. The van der Waals surface area contributed by atoms with E-state index < -0.39 is 0 Å². The molecule has 0 amide bonds. The number of aryl methyl sites for hydroxylation is 1. The van der Waals surface area contributed by atoms with Gasteiger partial charge in [0.25, 0.3) is 0 Å². The number of imidazole rings is 1. The third kappa shape index (κ3) is 3.22. The van der Waals surface area contributed by atoms with E-state index in [-0.39, 0.29) is 5.82 Å². The highest BCUT2D eigenvalue weighted by Gasteiger charge is 2.23. The van der Waals surface area contributed by atoms with Crippen LogP contribution >= 0.6 is 0 Å². The predicted octanol–water partition coefficient (Wildman–Crippen LogP) is 4.04. The fourth-order valence-electron chi connectivity index (χ4n) is 3.47. The summed E-state index contributed by atoms with van der Waals surface area (Å²) in [6, 6.07) is 5.58. The molecule has 4 heteroatoms. The van der Waals surface area contributed by atoms with Gasteiger partial charge in [0.2, 0.25) is 0 Å². The fraction of sp³-hybridized carbons (Fsp3) is 0.500. The smallest absolute Gasteiger partial charge is 0.140 e. The standard InChI is InChI=1S/C18H24FN3/c1-3-7-21-8-4-5-17(13-21)22-9-6-20-18(22)15-10-14(2)11-16(19)12-15/h6,9-12,17H,3-5,7-8,13H2,1-2H3. The molecule has 1 aliphatic heterocycles. The molecule has 3 rings (SSSR count). The number of piperidine rings is 1. The van der Waals surface area contributed by atoms with Crippen LogP contribution in [0.5, 0.6) is 0 Å². The quantitative estimate of drug-likeness (QED) is 0.849. The van der Waals surface area contributed by atoms with Gasteiger partial charge in [-0.05, 0) is 63.0 Å². The average molecular weight is 301 g/mol. The monoisotopic (exact) mass is 301 g/mol. The maximum absolute atomic E-state index is 13.7. The van der Waals surface area contributed by atoms with Crippen molar-refractivity contribution in [3.05, 3.63) is 42.0 Å². The van der Waals surface area contributed by atoms with Crippen LogP contribution in [0.25, 0.3) is 11.4 Å². The Morgan fingerprint density at radius 3 is 2.95 bits per heavy atom. The van der Waals surface area contributed by atoms with Gasteiger partial charge in [-0.3, -0.25) is 0 Å². The van der Waals surface area contributed by atoms with Crippen LogP contribution in [0.1, 0.15) is 37.8 Å². The van der Waals surface area contributed by atoms with E-state index >= 15 is 0 Å². The van der Waals surface area contributed by atoms with Crippen molar-refractivity contribution in [2.24, 2.45) is 0 Å². The maximum Gasteiger partial charge on any atom is 0.140 e. The SMILES string of the molecule is CCCN1CCCC(n2ccnc2-c2cc(C)cc(F)c2)C1. The van der Waals surface area contributed by atoms with Crippen molar-refractivity contribution >= 4 is 0 Å². The molecule has 3 nitrogen and oxygen atoms in total. The van der Waals surface area contributed by atoms with Gasteiger partial charge in [-0.2, -0.15) is 0 Å². The van der Waals surface area contributed by atoms with Gasteiger partial charge < -0.3 is 9.47 Å². The van der Waals surface area contributed by atoms with E-state index in [0.29, 0.717) is 6.04 Å². The Morgan fingerprint density at radius 1 is 1.32 bits per heavy atom. The van der Waals surface area contributed by atoms with E-state index in [1.165, 1.54) is 19.4 Å². The summed E-state index contributed by atoms with van der Waals surface area (Å²) >= 11 is 0. The van der Waals surface area contributed by atoms with E-state index in [2.05, 4.69) is 21.4 Å². The Kier molecular flexibility index (Phi) is 4.57. The minimum atomic E-state index is -0.194. The van der Waals surface area contributed by atoms with Gasteiger partial charge in [0.15, 0.2) is 0 Å². The largest absolute Gasteiger partial charge is 0.327 e. The lowest BCUT2D eigenvalue weighted by molar-refractivity contribution is 0.178. The summed E-state index contributed by atoms with van der Waals surface area (Å²) in [4.78, 5) is 7.02. The van der Waals surface area contributed by atoms with Crippen LogP contribution in [0.2, 0.25) is 0 Å². The molecule has 0 radical (unpaired) electrons. The van der Waals surface area contributed by atoms with Crippen LogP contribution in [0.4, 0.5) is 4.39 Å². The molecule has 1 aliphatic rings. The van der Waals surface area contributed by atoms with Crippen molar-refractivity contribution in [3.8, 4) is 11.4 Å². The van der Waals surface area contributed by atoms with Gasteiger partial charge in [-0.1, -0.05) is 6.92 Å². The Labute approximate surface area is 131 Å². The summed E-state index contributed by atoms with van der Waals surface area (Å²) in [5.41, 5.74) is 1.80. The molecule has 1 atom stereocenters. The molecule has 1 fully saturated rings. The Bertz CT molecular complexity index is 613. The van der Waals surface area contributed by atoms with E-state index in [9.17, 15) is 4.39 Å². The van der Waals surface area contributed by atoms with E-state index in [4.69, 9.17) is 0 Å². The van der Waals surface area contributed by atoms with Gasteiger partial charge in [0, 0.05) is 30.5 Å². The lowest BCUT2D eigenvalue weighted by Gasteiger charge is -2.33. The molecule has 0 spiro atoms. The Morgan fingerprint density at radius 2 is 2.18 bits per heavy atom. The van der Waals surface area contributed by atoms with Crippen molar-refractivity contribution in [1.29, 1.82) is 0 Å².